The van der Waals surface area contributed by atoms with Gasteiger partial charge in [-0.2, -0.15) is 0 Å². The van der Waals surface area contributed by atoms with Crippen molar-refractivity contribution in [2.75, 3.05) is 24.0 Å². The molecule has 2 heterocycles. The van der Waals surface area contributed by atoms with Crippen LogP contribution >= 0.6 is 0 Å². The second-order valence-electron chi connectivity index (χ2n) is 10.6. The zero-order chi connectivity index (χ0) is 30.9. The summed E-state index contributed by atoms with van der Waals surface area (Å²) >= 11 is 0. The van der Waals surface area contributed by atoms with Gasteiger partial charge in [-0.25, -0.2) is 4.79 Å². The third kappa shape index (κ3) is 8.44. The molecule has 226 valence electrons. The number of carboxylic acid groups (broad SMARTS) is 1. The number of aliphatic carboxylic acids is 1. The van der Waals surface area contributed by atoms with Crippen LogP contribution < -0.4 is 30.7 Å². The van der Waals surface area contributed by atoms with Crippen molar-refractivity contribution in [3.63, 3.8) is 0 Å². The molecule has 5 N–H and O–H groups in total. The van der Waals surface area contributed by atoms with Gasteiger partial charge in [-0.15, -0.1) is 0 Å². The summed E-state index contributed by atoms with van der Waals surface area (Å²) in [6, 6.07) is 12.4. The number of aromatic nitrogens is 1. The molecule has 43 heavy (non-hydrogen) atoms. The number of aryl methyl sites for hydroxylation is 1. The van der Waals surface area contributed by atoms with Crippen LogP contribution in [0.3, 0.4) is 0 Å². The smallest absolute Gasteiger partial charge is 0.323 e. The van der Waals surface area contributed by atoms with E-state index in [0.717, 1.165) is 5.56 Å². The first-order valence-electron chi connectivity index (χ1n) is 13.9. The normalized spacial score (nSPS) is 13.1. The highest BCUT2D eigenvalue weighted by Crippen LogP contribution is 2.34. The molecule has 12 heteroatoms. The van der Waals surface area contributed by atoms with Gasteiger partial charge in [-0.05, 0) is 54.7 Å². The lowest BCUT2D eigenvalue weighted by Crippen LogP contribution is -2.49. The molecule has 0 aliphatic carbocycles. The van der Waals surface area contributed by atoms with Gasteiger partial charge in [0.05, 0.1) is 12.3 Å². The maximum Gasteiger partial charge on any atom is 0.323 e. The van der Waals surface area contributed by atoms with E-state index < -0.39 is 35.8 Å². The molecule has 2 aromatic carbocycles. The van der Waals surface area contributed by atoms with Crippen molar-refractivity contribution < 1.29 is 33.8 Å². The van der Waals surface area contributed by atoms with Crippen molar-refractivity contribution >= 4 is 35.2 Å². The number of carboxylic acids is 1. The van der Waals surface area contributed by atoms with E-state index in [4.69, 9.17) is 9.47 Å². The molecule has 0 bridgehead atoms. The number of ether oxygens (including phenoxy) is 2. The number of hydrogen-bond acceptors (Lipinski definition) is 7. The first kappa shape index (κ1) is 30.8. The van der Waals surface area contributed by atoms with E-state index in [0.29, 0.717) is 40.4 Å². The van der Waals surface area contributed by atoms with Crippen molar-refractivity contribution in [1.82, 2.24) is 15.6 Å². The van der Waals surface area contributed by atoms with Gasteiger partial charge >= 0.3 is 12.0 Å². The predicted octanol–water partition coefficient (Wildman–Crippen LogP) is 3.82. The second-order valence-corrected chi connectivity index (χ2v) is 10.6. The zero-order valence-electron chi connectivity index (χ0n) is 24.2. The number of amides is 4. The zero-order valence-corrected chi connectivity index (χ0v) is 24.2. The van der Waals surface area contributed by atoms with Crippen LogP contribution in [0.5, 0.6) is 11.5 Å². The number of carbonyl (C=O) groups is 4. The monoisotopic (exact) mass is 589 g/mol. The highest BCUT2D eigenvalue weighted by atomic mass is 16.7. The number of nitrogens with zero attached hydrogens (tertiary/aromatic N) is 1. The average Bonchev–Trinajstić information content (AvgIpc) is 3.43. The van der Waals surface area contributed by atoms with Crippen LogP contribution in [0, 0.1) is 12.8 Å². The molecule has 3 aromatic rings. The summed E-state index contributed by atoms with van der Waals surface area (Å²) < 4.78 is 10.6. The molecule has 0 saturated heterocycles. The Morgan fingerprint density at radius 1 is 0.977 bits per heavy atom. The van der Waals surface area contributed by atoms with Crippen LogP contribution in [0.4, 0.5) is 16.2 Å². The summed E-state index contributed by atoms with van der Waals surface area (Å²) in [7, 11) is 0. The fourth-order valence-electron chi connectivity index (χ4n) is 4.60. The lowest BCUT2D eigenvalue weighted by molar-refractivity contribution is -0.139. The quantitative estimate of drug-likeness (QED) is 0.212. The van der Waals surface area contributed by atoms with Crippen LogP contribution in [0.25, 0.3) is 0 Å². The maximum absolute atomic E-state index is 13.2. The Morgan fingerprint density at radius 2 is 1.72 bits per heavy atom. The van der Waals surface area contributed by atoms with Gasteiger partial charge in [0.25, 0.3) is 0 Å². The number of carbonyl (C=O) groups excluding carboxylic acids is 3. The van der Waals surface area contributed by atoms with E-state index >= 15 is 0 Å². The van der Waals surface area contributed by atoms with Gasteiger partial charge in [0.15, 0.2) is 11.5 Å². The number of para-hydroxylation sites is 1. The van der Waals surface area contributed by atoms with Crippen LogP contribution in [0.2, 0.25) is 0 Å². The summed E-state index contributed by atoms with van der Waals surface area (Å²) in [4.78, 5) is 55.0. The Kier molecular flexibility index (Phi) is 10.2. The average molecular weight is 590 g/mol. The Bertz CT molecular complexity index is 1490. The first-order chi connectivity index (χ1) is 20.6. The van der Waals surface area contributed by atoms with Crippen molar-refractivity contribution in [1.29, 1.82) is 0 Å². The van der Waals surface area contributed by atoms with Crippen molar-refractivity contribution in [3.05, 3.63) is 77.6 Å². The van der Waals surface area contributed by atoms with Gasteiger partial charge in [-0.3, -0.25) is 19.4 Å². The predicted molar refractivity (Wildman–Crippen MR) is 159 cm³/mol. The fraction of sp³-hybridized carbons (Fsp3) is 0.323. The Hall–Kier alpha value is -5.13. The minimum absolute atomic E-state index is 0.0564. The molecule has 4 amide bonds. The Balaban J connectivity index is 1.38. The number of rotatable bonds is 12. The molecule has 0 fully saturated rings. The SMILES string of the molecule is Cc1ccccc1NC(=O)Nc1ccncc1CC(=O)N[C@@H](CC(C)C)C(=O)NCC(C(=O)O)c1ccc2c(c1)OCO2. The van der Waals surface area contributed by atoms with Crippen LogP contribution in [0.15, 0.2) is 60.9 Å². The molecule has 1 unspecified atom stereocenters. The van der Waals surface area contributed by atoms with Crippen LogP contribution in [0.1, 0.15) is 42.9 Å². The third-order valence-electron chi connectivity index (χ3n) is 6.83. The van der Waals surface area contributed by atoms with E-state index in [-0.39, 0.29) is 25.7 Å². The summed E-state index contributed by atoms with van der Waals surface area (Å²) in [5, 5.41) is 20.8. The number of pyridine rings is 1. The standard InChI is InChI=1S/C31H35N5O7/c1-18(2)12-25(29(38)33-16-22(30(39)40)20-8-9-26-27(13-20)43-17-42-26)34-28(37)14-21-15-32-11-10-24(21)36-31(41)35-23-7-5-4-6-19(23)3/h4-11,13,15,18,22,25H,12,14,16-17H2,1-3H3,(H,33,38)(H,34,37)(H,39,40)(H2,32,35,36,41)/t22?,25-/m0/s1. The number of hydrogen-bond donors (Lipinski definition) is 5. The number of nitrogens with one attached hydrogen (secondary N) is 4. The molecule has 0 radical (unpaired) electrons. The highest BCUT2D eigenvalue weighted by Gasteiger charge is 2.27. The summed E-state index contributed by atoms with van der Waals surface area (Å²) in [5.41, 5.74) is 2.85. The van der Waals surface area contributed by atoms with E-state index in [1.807, 2.05) is 39.0 Å². The van der Waals surface area contributed by atoms with Crippen LogP contribution in [-0.2, 0) is 20.8 Å². The van der Waals surface area contributed by atoms with Crippen molar-refractivity contribution in [3.8, 4) is 11.5 Å². The number of urea groups is 1. The van der Waals surface area contributed by atoms with Crippen molar-refractivity contribution in [2.24, 2.45) is 5.92 Å². The molecule has 1 aromatic heterocycles. The number of anilines is 2. The van der Waals surface area contributed by atoms with Crippen molar-refractivity contribution in [2.45, 2.75) is 45.6 Å². The second kappa shape index (κ2) is 14.2. The topological polar surface area (TPSA) is 168 Å². The van der Waals surface area contributed by atoms with Gasteiger partial charge in [-0.1, -0.05) is 38.1 Å². The first-order valence-corrected chi connectivity index (χ1v) is 13.9. The Morgan fingerprint density at radius 3 is 2.47 bits per heavy atom. The highest BCUT2D eigenvalue weighted by molar-refractivity contribution is 6.01. The maximum atomic E-state index is 13.2. The van der Waals surface area contributed by atoms with Gasteiger partial charge < -0.3 is 35.8 Å². The molecule has 0 saturated carbocycles. The van der Waals surface area contributed by atoms with Crippen LogP contribution in [-0.4, -0.2) is 53.3 Å². The molecule has 1 aliphatic heterocycles. The summed E-state index contributed by atoms with van der Waals surface area (Å²) in [5.74, 6) is -2.10. The molecular formula is C31H35N5O7. The van der Waals surface area contributed by atoms with Gasteiger partial charge in [0.2, 0.25) is 18.6 Å². The molecule has 4 rings (SSSR count). The van der Waals surface area contributed by atoms with E-state index in [1.54, 1.807) is 30.3 Å². The largest absolute Gasteiger partial charge is 0.481 e. The number of fused-ring (bicyclic) bond motifs is 1. The molecule has 12 nitrogen and oxygen atoms in total. The van der Waals surface area contributed by atoms with Gasteiger partial charge in [0.1, 0.15) is 6.04 Å². The van der Waals surface area contributed by atoms with E-state index in [1.165, 1.54) is 12.4 Å². The molecule has 2 atom stereocenters. The molecule has 1 aliphatic rings. The molecular weight excluding hydrogens is 554 g/mol. The summed E-state index contributed by atoms with van der Waals surface area (Å²) in [6.07, 6.45) is 3.16. The fourth-order valence-corrected chi connectivity index (χ4v) is 4.60. The summed E-state index contributed by atoms with van der Waals surface area (Å²) in [6.45, 7) is 5.57. The lowest BCUT2D eigenvalue weighted by Gasteiger charge is -2.22. The molecule has 0 spiro atoms. The minimum Gasteiger partial charge on any atom is -0.481 e. The lowest BCUT2D eigenvalue weighted by atomic mass is 9.98. The Labute approximate surface area is 249 Å². The van der Waals surface area contributed by atoms with E-state index in [9.17, 15) is 24.3 Å². The number of benzene rings is 2. The van der Waals surface area contributed by atoms with Gasteiger partial charge in [0, 0.05) is 35.9 Å². The van der Waals surface area contributed by atoms with E-state index in [2.05, 4.69) is 26.3 Å². The third-order valence-corrected chi connectivity index (χ3v) is 6.83. The minimum atomic E-state index is -1.12.